The molecule has 2 heterocycles. The third-order valence-corrected chi connectivity index (χ3v) is 6.40. The van der Waals surface area contributed by atoms with Crippen molar-refractivity contribution in [1.29, 1.82) is 0 Å². The number of methoxy groups -OCH3 is 1. The lowest BCUT2D eigenvalue weighted by molar-refractivity contribution is 0.0224. The predicted octanol–water partition coefficient (Wildman–Crippen LogP) is 5.48. The summed E-state index contributed by atoms with van der Waals surface area (Å²) in [4.78, 5) is 15.1. The number of ether oxygens (including phenoxy) is 3. The van der Waals surface area contributed by atoms with Gasteiger partial charge in [0.25, 0.3) is 0 Å². The molecule has 6 rings (SSSR count). The van der Waals surface area contributed by atoms with E-state index in [-0.39, 0.29) is 5.97 Å². The van der Waals surface area contributed by atoms with Gasteiger partial charge in [-0.3, -0.25) is 0 Å². The zero-order chi connectivity index (χ0) is 22.0. The van der Waals surface area contributed by atoms with Crippen LogP contribution in [0.2, 0.25) is 0 Å². The highest BCUT2D eigenvalue weighted by Crippen LogP contribution is 2.58. The second-order valence-electron chi connectivity index (χ2n) is 8.29. The molecule has 2 aliphatic rings. The topological polar surface area (TPSA) is 48.0 Å². The fraction of sp³-hybridized carbons (Fsp3) is 0.148. The first-order valence-electron chi connectivity index (χ1n) is 10.5. The zero-order valence-electron chi connectivity index (χ0n) is 18.0. The van der Waals surface area contributed by atoms with Gasteiger partial charge in [0.2, 0.25) is 0 Å². The number of hydrogen-bond acceptors (Lipinski definition) is 5. The minimum Gasteiger partial charge on any atom is -0.496 e. The van der Waals surface area contributed by atoms with Gasteiger partial charge in [0, 0.05) is 47.7 Å². The Labute approximate surface area is 185 Å². The van der Waals surface area contributed by atoms with Crippen molar-refractivity contribution in [1.82, 2.24) is 0 Å². The molecule has 2 aliphatic heterocycles. The average molecular weight is 423 g/mol. The molecule has 4 aromatic rings. The molecule has 0 saturated carbocycles. The van der Waals surface area contributed by atoms with Crippen LogP contribution >= 0.6 is 0 Å². The number of benzene rings is 4. The molecule has 0 radical (unpaired) electrons. The maximum absolute atomic E-state index is 13.0. The summed E-state index contributed by atoms with van der Waals surface area (Å²) in [5, 5.41) is 1.84. The third-order valence-electron chi connectivity index (χ3n) is 6.40. The molecule has 0 N–H and O–H groups in total. The lowest BCUT2D eigenvalue weighted by Gasteiger charge is -2.37. The van der Waals surface area contributed by atoms with E-state index in [9.17, 15) is 4.79 Å². The quantitative estimate of drug-likeness (QED) is 0.400. The number of hydrogen-bond donors (Lipinski definition) is 0. The Morgan fingerprint density at radius 3 is 2.38 bits per heavy atom. The summed E-state index contributed by atoms with van der Waals surface area (Å²) < 4.78 is 18.6. The lowest BCUT2D eigenvalue weighted by atomic mass is 9.76. The highest BCUT2D eigenvalue weighted by atomic mass is 16.6. The van der Waals surface area contributed by atoms with Crippen LogP contribution in [0.1, 0.15) is 27.0 Å². The number of rotatable bonds is 2. The fourth-order valence-corrected chi connectivity index (χ4v) is 4.89. The minimum absolute atomic E-state index is 0.344. The van der Waals surface area contributed by atoms with E-state index < -0.39 is 5.60 Å². The maximum atomic E-state index is 13.0. The summed E-state index contributed by atoms with van der Waals surface area (Å²) in [6, 6.07) is 23.5. The lowest BCUT2D eigenvalue weighted by Crippen LogP contribution is -2.33. The molecule has 32 heavy (non-hydrogen) atoms. The van der Waals surface area contributed by atoms with Crippen molar-refractivity contribution >= 4 is 22.4 Å². The second-order valence-corrected chi connectivity index (χ2v) is 8.29. The molecule has 5 heteroatoms. The van der Waals surface area contributed by atoms with Crippen LogP contribution < -0.4 is 14.4 Å². The van der Waals surface area contributed by atoms with Crippen LogP contribution in [-0.4, -0.2) is 27.2 Å². The smallest absolute Gasteiger partial charge is 0.340 e. The molecule has 158 valence electrons. The minimum atomic E-state index is -1.11. The van der Waals surface area contributed by atoms with Gasteiger partial charge in [-0.05, 0) is 24.3 Å². The number of carbonyl (C=O) groups excluding carboxylic acids is 1. The molecule has 0 fully saturated rings. The summed E-state index contributed by atoms with van der Waals surface area (Å²) in [6.45, 7) is 0. The molecule has 4 aromatic carbocycles. The van der Waals surface area contributed by atoms with E-state index in [1.807, 2.05) is 91.8 Å². The van der Waals surface area contributed by atoms with E-state index in [0.717, 1.165) is 33.2 Å². The molecule has 0 aromatic heterocycles. The molecular formula is C27H21NO4. The van der Waals surface area contributed by atoms with E-state index in [2.05, 4.69) is 0 Å². The van der Waals surface area contributed by atoms with Crippen LogP contribution in [0.25, 0.3) is 10.8 Å². The molecular weight excluding hydrogens is 402 g/mol. The van der Waals surface area contributed by atoms with E-state index in [1.54, 1.807) is 7.11 Å². The Morgan fingerprint density at radius 1 is 0.844 bits per heavy atom. The Hall–Kier alpha value is -3.99. The fourth-order valence-electron chi connectivity index (χ4n) is 4.89. The second kappa shape index (κ2) is 6.50. The first-order chi connectivity index (χ1) is 15.5. The number of esters is 1. The van der Waals surface area contributed by atoms with Crippen molar-refractivity contribution in [2.24, 2.45) is 0 Å². The first-order valence-corrected chi connectivity index (χ1v) is 10.5. The van der Waals surface area contributed by atoms with Crippen molar-refractivity contribution < 1.29 is 19.0 Å². The van der Waals surface area contributed by atoms with Crippen LogP contribution in [-0.2, 0) is 10.3 Å². The van der Waals surface area contributed by atoms with Crippen molar-refractivity contribution in [3.63, 3.8) is 0 Å². The number of fused-ring (bicyclic) bond motifs is 8. The third kappa shape index (κ3) is 2.31. The van der Waals surface area contributed by atoms with E-state index in [1.165, 1.54) is 0 Å². The summed E-state index contributed by atoms with van der Waals surface area (Å²) in [5.41, 5.74) is 2.82. The van der Waals surface area contributed by atoms with Crippen LogP contribution in [0.15, 0.2) is 72.8 Å². The van der Waals surface area contributed by atoms with Gasteiger partial charge in [0.1, 0.15) is 17.2 Å². The summed E-state index contributed by atoms with van der Waals surface area (Å²) >= 11 is 0. The average Bonchev–Trinajstić information content (AvgIpc) is 3.11. The normalized spacial score (nSPS) is 17.9. The largest absolute Gasteiger partial charge is 0.496 e. The molecule has 0 amide bonds. The molecule has 0 saturated heterocycles. The van der Waals surface area contributed by atoms with Gasteiger partial charge in [-0.1, -0.05) is 42.5 Å². The number of carbonyl (C=O) groups is 1. The predicted molar refractivity (Wildman–Crippen MR) is 123 cm³/mol. The summed E-state index contributed by atoms with van der Waals surface area (Å²) in [5.74, 6) is 1.71. The summed E-state index contributed by atoms with van der Waals surface area (Å²) in [6.07, 6.45) is 0. The van der Waals surface area contributed by atoms with Gasteiger partial charge in [-0.2, -0.15) is 0 Å². The molecule has 1 spiro atoms. The molecule has 1 atom stereocenters. The Balaban J connectivity index is 1.77. The highest BCUT2D eigenvalue weighted by molar-refractivity contribution is 6.00. The SMILES string of the molecule is COc1cc2c(c3ccccc13)Oc1cc(N(C)C)ccc1C21OC(=O)c2ccccc21. The van der Waals surface area contributed by atoms with Crippen LogP contribution in [0.3, 0.4) is 0 Å². The van der Waals surface area contributed by atoms with Crippen molar-refractivity contribution in [2.75, 3.05) is 26.1 Å². The van der Waals surface area contributed by atoms with Gasteiger partial charge in [0.15, 0.2) is 5.60 Å². The zero-order valence-corrected chi connectivity index (χ0v) is 18.0. The molecule has 1 unspecified atom stereocenters. The Morgan fingerprint density at radius 2 is 1.59 bits per heavy atom. The van der Waals surface area contributed by atoms with Crippen LogP contribution in [0.4, 0.5) is 5.69 Å². The number of nitrogens with zero attached hydrogens (tertiary/aromatic N) is 1. The maximum Gasteiger partial charge on any atom is 0.340 e. The molecule has 0 aliphatic carbocycles. The van der Waals surface area contributed by atoms with E-state index >= 15 is 0 Å². The monoisotopic (exact) mass is 423 g/mol. The molecule has 0 bridgehead atoms. The van der Waals surface area contributed by atoms with Gasteiger partial charge >= 0.3 is 5.97 Å². The van der Waals surface area contributed by atoms with Gasteiger partial charge in [-0.25, -0.2) is 4.79 Å². The van der Waals surface area contributed by atoms with Gasteiger partial charge in [-0.15, -0.1) is 0 Å². The first kappa shape index (κ1) is 18.8. The van der Waals surface area contributed by atoms with Gasteiger partial charge < -0.3 is 19.1 Å². The van der Waals surface area contributed by atoms with Crippen LogP contribution in [0, 0.1) is 0 Å². The summed E-state index contributed by atoms with van der Waals surface area (Å²) in [7, 11) is 5.62. The highest BCUT2D eigenvalue weighted by Gasteiger charge is 2.54. The Kier molecular flexibility index (Phi) is 3.81. The van der Waals surface area contributed by atoms with Crippen molar-refractivity contribution in [3.8, 4) is 17.2 Å². The number of anilines is 1. The van der Waals surface area contributed by atoms with E-state index in [0.29, 0.717) is 22.8 Å². The standard InChI is InChI=1S/C27H21NO4/c1-28(2)16-12-13-21-24(14-16)31-25-18-9-5-4-8-17(18)23(30-3)15-22(25)27(21)20-11-7-6-10-19(20)26(29)32-27/h4-15H,1-3H3. The van der Waals surface area contributed by atoms with E-state index in [4.69, 9.17) is 14.2 Å². The molecule has 5 nitrogen and oxygen atoms in total. The van der Waals surface area contributed by atoms with Crippen molar-refractivity contribution in [3.05, 3.63) is 95.1 Å². The van der Waals surface area contributed by atoms with Gasteiger partial charge in [0.05, 0.1) is 18.2 Å². The van der Waals surface area contributed by atoms with Crippen LogP contribution in [0.5, 0.6) is 17.2 Å². The van der Waals surface area contributed by atoms with Crippen molar-refractivity contribution in [2.45, 2.75) is 5.60 Å². The Bertz CT molecular complexity index is 1420.